The van der Waals surface area contributed by atoms with E-state index in [4.69, 9.17) is 4.74 Å². The Morgan fingerprint density at radius 1 is 1.12 bits per heavy atom. The lowest BCUT2D eigenvalue weighted by molar-refractivity contribution is 0.0951. The number of hydrogen-bond donors (Lipinski definition) is 1. The van der Waals surface area contributed by atoms with Gasteiger partial charge in [0.15, 0.2) is 0 Å². The number of methoxy groups -OCH3 is 1. The van der Waals surface area contributed by atoms with Crippen LogP contribution in [0.25, 0.3) is 0 Å². The van der Waals surface area contributed by atoms with E-state index in [1.165, 1.54) is 11.1 Å². The molecule has 132 valence electrons. The molecule has 1 N–H and O–H groups in total. The first-order valence-corrected chi connectivity index (χ1v) is 8.91. The lowest BCUT2D eigenvalue weighted by atomic mass is 10.00. The lowest BCUT2D eigenvalue weighted by Gasteiger charge is -2.28. The van der Waals surface area contributed by atoms with Crippen molar-refractivity contribution in [1.82, 2.24) is 10.2 Å². The van der Waals surface area contributed by atoms with Crippen LogP contribution in [0.4, 0.5) is 0 Å². The monoisotopic (exact) mass is 338 g/mol. The molecule has 0 aromatic heterocycles. The Balaban J connectivity index is 1.39. The van der Waals surface area contributed by atoms with Gasteiger partial charge in [-0.25, -0.2) is 0 Å². The number of carbonyl (C=O) groups is 1. The van der Waals surface area contributed by atoms with Gasteiger partial charge in [-0.2, -0.15) is 0 Å². The quantitative estimate of drug-likeness (QED) is 0.789. The zero-order chi connectivity index (χ0) is 17.5. The molecule has 1 aliphatic heterocycles. The Kier molecular flexibility index (Phi) is 6.20. The fraction of sp³-hybridized carbons (Fsp3) is 0.381. The Morgan fingerprint density at radius 2 is 1.88 bits per heavy atom. The summed E-state index contributed by atoms with van der Waals surface area (Å²) in [5.74, 6) is -0.00652. The fourth-order valence-electron chi connectivity index (χ4n) is 3.27. The number of fused-ring (bicyclic) bond motifs is 1. The summed E-state index contributed by atoms with van der Waals surface area (Å²) < 4.78 is 5.08. The average Bonchev–Trinajstić information content (AvgIpc) is 2.66. The number of nitrogens with one attached hydrogen (secondary N) is 1. The second-order valence-corrected chi connectivity index (χ2v) is 6.53. The predicted molar refractivity (Wildman–Crippen MR) is 99.5 cm³/mol. The molecular weight excluding hydrogens is 312 g/mol. The molecule has 1 aliphatic rings. The van der Waals surface area contributed by atoms with Crippen molar-refractivity contribution in [2.75, 3.05) is 26.7 Å². The van der Waals surface area contributed by atoms with Crippen LogP contribution in [-0.2, 0) is 24.3 Å². The Labute approximate surface area is 149 Å². The molecule has 2 aromatic rings. The predicted octanol–water partition coefficient (Wildman–Crippen LogP) is 3.01. The van der Waals surface area contributed by atoms with Crippen LogP contribution >= 0.6 is 0 Å². The van der Waals surface area contributed by atoms with E-state index < -0.39 is 0 Å². The topological polar surface area (TPSA) is 41.6 Å². The van der Waals surface area contributed by atoms with Crippen molar-refractivity contribution >= 4 is 5.91 Å². The smallest absolute Gasteiger partial charge is 0.251 e. The molecule has 4 nitrogen and oxygen atoms in total. The molecule has 0 saturated carbocycles. The molecular formula is C21H26N2O2. The van der Waals surface area contributed by atoms with Gasteiger partial charge in [0.25, 0.3) is 5.91 Å². The fourth-order valence-corrected chi connectivity index (χ4v) is 3.27. The highest BCUT2D eigenvalue weighted by molar-refractivity contribution is 5.94. The molecule has 1 amide bonds. The third-order valence-corrected chi connectivity index (χ3v) is 4.67. The zero-order valence-corrected chi connectivity index (χ0v) is 14.8. The Bertz CT molecular complexity index is 697. The molecule has 0 unspecified atom stereocenters. The van der Waals surface area contributed by atoms with Crippen molar-refractivity contribution in [3.63, 3.8) is 0 Å². The van der Waals surface area contributed by atoms with E-state index in [-0.39, 0.29) is 5.91 Å². The molecule has 25 heavy (non-hydrogen) atoms. The van der Waals surface area contributed by atoms with Crippen molar-refractivity contribution < 1.29 is 9.53 Å². The SMILES string of the molecule is COCc1ccc(C(=O)NCCCN2CCc3ccccc3C2)cc1. The highest BCUT2D eigenvalue weighted by Gasteiger charge is 2.15. The summed E-state index contributed by atoms with van der Waals surface area (Å²) in [6.07, 6.45) is 2.09. The summed E-state index contributed by atoms with van der Waals surface area (Å²) in [6.45, 7) is 4.41. The Hall–Kier alpha value is -2.17. The van der Waals surface area contributed by atoms with Crippen LogP contribution in [0.5, 0.6) is 0 Å². The average molecular weight is 338 g/mol. The van der Waals surface area contributed by atoms with E-state index in [2.05, 4.69) is 34.5 Å². The summed E-state index contributed by atoms with van der Waals surface area (Å²) in [5.41, 5.74) is 4.69. The maximum atomic E-state index is 12.2. The first-order chi connectivity index (χ1) is 12.3. The summed E-state index contributed by atoms with van der Waals surface area (Å²) in [4.78, 5) is 14.6. The van der Waals surface area contributed by atoms with Gasteiger partial charge >= 0.3 is 0 Å². The van der Waals surface area contributed by atoms with Gasteiger partial charge in [-0.15, -0.1) is 0 Å². The van der Waals surface area contributed by atoms with Gasteiger partial charge in [-0.1, -0.05) is 36.4 Å². The van der Waals surface area contributed by atoms with Crippen LogP contribution in [0.15, 0.2) is 48.5 Å². The van der Waals surface area contributed by atoms with E-state index in [0.717, 1.165) is 38.0 Å². The van der Waals surface area contributed by atoms with E-state index >= 15 is 0 Å². The molecule has 2 aromatic carbocycles. The maximum absolute atomic E-state index is 12.2. The van der Waals surface area contributed by atoms with Crippen LogP contribution in [0.2, 0.25) is 0 Å². The van der Waals surface area contributed by atoms with Crippen LogP contribution in [-0.4, -0.2) is 37.6 Å². The summed E-state index contributed by atoms with van der Waals surface area (Å²) >= 11 is 0. The lowest BCUT2D eigenvalue weighted by Crippen LogP contribution is -2.33. The molecule has 1 heterocycles. The second-order valence-electron chi connectivity index (χ2n) is 6.53. The van der Waals surface area contributed by atoms with Crippen molar-refractivity contribution in [3.8, 4) is 0 Å². The number of amides is 1. The minimum atomic E-state index is -0.00652. The number of rotatable bonds is 7. The Morgan fingerprint density at radius 3 is 2.64 bits per heavy atom. The van der Waals surface area contributed by atoms with Gasteiger partial charge in [0.1, 0.15) is 0 Å². The van der Waals surface area contributed by atoms with E-state index in [0.29, 0.717) is 18.7 Å². The number of carbonyl (C=O) groups excluding carboxylic acids is 1. The summed E-state index contributed by atoms with van der Waals surface area (Å²) in [6, 6.07) is 16.2. The number of hydrogen-bond acceptors (Lipinski definition) is 3. The van der Waals surface area contributed by atoms with Crippen LogP contribution < -0.4 is 5.32 Å². The van der Waals surface area contributed by atoms with Gasteiger partial charge in [0.05, 0.1) is 6.61 Å². The normalized spacial score (nSPS) is 14.1. The van der Waals surface area contributed by atoms with Gasteiger partial charge < -0.3 is 10.1 Å². The van der Waals surface area contributed by atoms with Crippen molar-refractivity contribution in [2.24, 2.45) is 0 Å². The standard InChI is InChI=1S/C21H26N2O2/c1-25-16-17-7-9-19(10-8-17)21(24)22-12-4-13-23-14-11-18-5-2-3-6-20(18)15-23/h2-3,5-10H,4,11-16H2,1H3,(H,22,24). The number of benzene rings is 2. The highest BCUT2D eigenvalue weighted by atomic mass is 16.5. The number of nitrogens with zero attached hydrogens (tertiary/aromatic N) is 1. The van der Waals surface area contributed by atoms with Crippen LogP contribution in [0.1, 0.15) is 33.5 Å². The third kappa shape index (κ3) is 4.91. The van der Waals surface area contributed by atoms with Crippen molar-refractivity contribution in [2.45, 2.75) is 26.0 Å². The van der Waals surface area contributed by atoms with E-state index in [1.807, 2.05) is 24.3 Å². The highest BCUT2D eigenvalue weighted by Crippen LogP contribution is 2.18. The van der Waals surface area contributed by atoms with E-state index in [9.17, 15) is 4.79 Å². The minimum absolute atomic E-state index is 0.00652. The van der Waals surface area contributed by atoms with Gasteiger partial charge in [-0.3, -0.25) is 9.69 Å². The number of ether oxygens (including phenoxy) is 1. The minimum Gasteiger partial charge on any atom is -0.380 e. The van der Waals surface area contributed by atoms with E-state index in [1.54, 1.807) is 7.11 Å². The third-order valence-electron chi connectivity index (χ3n) is 4.67. The summed E-state index contributed by atoms with van der Waals surface area (Å²) in [7, 11) is 1.67. The molecule has 0 radical (unpaired) electrons. The molecule has 3 rings (SSSR count). The van der Waals surface area contributed by atoms with Gasteiger partial charge in [0, 0.05) is 38.9 Å². The molecule has 0 spiro atoms. The van der Waals surface area contributed by atoms with Gasteiger partial charge in [0.2, 0.25) is 0 Å². The molecule has 0 saturated heterocycles. The molecule has 0 fully saturated rings. The zero-order valence-electron chi connectivity index (χ0n) is 14.8. The van der Waals surface area contributed by atoms with Crippen LogP contribution in [0.3, 0.4) is 0 Å². The molecule has 0 aliphatic carbocycles. The first-order valence-electron chi connectivity index (χ1n) is 8.91. The molecule has 0 atom stereocenters. The summed E-state index contributed by atoms with van der Waals surface area (Å²) in [5, 5.41) is 3.01. The van der Waals surface area contributed by atoms with Crippen molar-refractivity contribution in [1.29, 1.82) is 0 Å². The van der Waals surface area contributed by atoms with Crippen molar-refractivity contribution in [3.05, 3.63) is 70.8 Å². The molecule has 4 heteroatoms. The van der Waals surface area contributed by atoms with Gasteiger partial charge in [-0.05, 0) is 41.7 Å². The van der Waals surface area contributed by atoms with Crippen LogP contribution in [0, 0.1) is 0 Å². The maximum Gasteiger partial charge on any atom is 0.251 e. The molecule has 0 bridgehead atoms. The second kappa shape index (κ2) is 8.79. The first kappa shape index (κ1) is 17.6. The largest absolute Gasteiger partial charge is 0.380 e.